The summed E-state index contributed by atoms with van der Waals surface area (Å²) in [6, 6.07) is 1.33. The van der Waals surface area contributed by atoms with Crippen molar-refractivity contribution in [3.63, 3.8) is 0 Å². The Morgan fingerprint density at radius 1 is 1.31 bits per heavy atom. The summed E-state index contributed by atoms with van der Waals surface area (Å²) in [5, 5.41) is 13.2. The van der Waals surface area contributed by atoms with Gasteiger partial charge in [0.25, 0.3) is 0 Å². The maximum atomic E-state index is 9.74. The zero-order chi connectivity index (χ0) is 11.5. The lowest BCUT2D eigenvalue weighted by molar-refractivity contribution is 0.0283. The normalized spacial score (nSPS) is 36.6. The Kier molecular flexibility index (Phi) is 4.22. The molecule has 2 N–H and O–H groups in total. The van der Waals surface area contributed by atoms with Crippen molar-refractivity contribution in [3.05, 3.63) is 0 Å². The van der Waals surface area contributed by atoms with Crippen molar-refractivity contribution in [1.29, 1.82) is 0 Å². The van der Waals surface area contributed by atoms with Crippen LogP contribution in [0.3, 0.4) is 0 Å². The fourth-order valence-electron chi connectivity index (χ4n) is 3.36. The summed E-state index contributed by atoms with van der Waals surface area (Å²) in [6.07, 6.45) is 4.58. The summed E-state index contributed by atoms with van der Waals surface area (Å²) < 4.78 is 0. The van der Waals surface area contributed by atoms with Crippen LogP contribution < -0.4 is 5.32 Å². The summed E-state index contributed by atoms with van der Waals surface area (Å²) in [6.45, 7) is 7.88. The maximum absolute atomic E-state index is 9.74. The maximum Gasteiger partial charge on any atom is 0.0570 e. The largest absolute Gasteiger partial charge is 0.393 e. The number of piperidine rings is 1. The van der Waals surface area contributed by atoms with Crippen LogP contribution in [0.1, 0.15) is 39.5 Å². The molecule has 0 radical (unpaired) electrons. The quantitative estimate of drug-likeness (QED) is 0.740. The molecule has 0 amide bonds. The van der Waals surface area contributed by atoms with E-state index in [9.17, 15) is 5.11 Å². The first-order valence-electron chi connectivity index (χ1n) is 6.85. The van der Waals surface area contributed by atoms with E-state index >= 15 is 0 Å². The van der Waals surface area contributed by atoms with Gasteiger partial charge in [-0.25, -0.2) is 0 Å². The van der Waals surface area contributed by atoms with Gasteiger partial charge in [0.1, 0.15) is 0 Å². The number of rotatable bonds is 5. The van der Waals surface area contributed by atoms with Gasteiger partial charge in [-0.15, -0.1) is 0 Å². The van der Waals surface area contributed by atoms with Crippen LogP contribution in [0.25, 0.3) is 0 Å². The van der Waals surface area contributed by atoms with Gasteiger partial charge in [-0.3, -0.25) is 4.90 Å². The third kappa shape index (κ3) is 2.76. The first kappa shape index (κ1) is 12.3. The highest BCUT2D eigenvalue weighted by Gasteiger charge is 2.40. The van der Waals surface area contributed by atoms with Crippen LogP contribution in [0.2, 0.25) is 0 Å². The predicted molar refractivity (Wildman–Crippen MR) is 66.5 cm³/mol. The van der Waals surface area contributed by atoms with E-state index in [0.29, 0.717) is 12.1 Å². The summed E-state index contributed by atoms with van der Waals surface area (Å²) in [5.41, 5.74) is 0. The van der Waals surface area contributed by atoms with Crippen LogP contribution in [0.5, 0.6) is 0 Å². The lowest BCUT2D eigenvalue weighted by Gasteiger charge is -2.38. The molecule has 2 bridgehead atoms. The van der Waals surface area contributed by atoms with Crippen molar-refractivity contribution in [2.24, 2.45) is 5.92 Å². The van der Waals surface area contributed by atoms with Crippen LogP contribution in [-0.2, 0) is 0 Å². The fraction of sp³-hybridized carbons (Fsp3) is 1.00. The second kappa shape index (κ2) is 5.48. The first-order valence-corrected chi connectivity index (χ1v) is 6.85. The number of aliphatic hydroxyl groups is 1. The Hall–Kier alpha value is -0.120. The summed E-state index contributed by atoms with van der Waals surface area (Å²) >= 11 is 0. The van der Waals surface area contributed by atoms with Crippen molar-refractivity contribution >= 4 is 0 Å². The van der Waals surface area contributed by atoms with E-state index in [1.54, 1.807) is 0 Å². The van der Waals surface area contributed by atoms with E-state index in [1.807, 2.05) is 0 Å². The highest BCUT2D eigenvalue weighted by Crippen LogP contribution is 2.35. The average molecular weight is 226 g/mol. The van der Waals surface area contributed by atoms with Gasteiger partial charge in [-0.05, 0) is 44.7 Å². The van der Waals surface area contributed by atoms with Crippen molar-refractivity contribution in [2.45, 2.75) is 57.7 Å². The number of aliphatic hydroxyl groups excluding tert-OH is 1. The Labute approximate surface area is 99.2 Å². The van der Waals surface area contributed by atoms with Crippen LogP contribution in [0, 0.1) is 5.92 Å². The third-order valence-electron chi connectivity index (χ3n) is 4.12. The van der Waals surface area contributed by atoms with E-state index in [-0.39, 0.29) is 6.10 Å². The fourth-order valence-corrected chi connectivity index (χ4v) is 3.36. The monoisotopic (exact) mass is 226 g/mol. The molecule has 3 heteroatoms. The minimum Gasteiger partial charge on any atom is -0.393 e. The SMILES string of the molecule is CCNCC(C)CN1C2CCC1CC(O)C2. The molecule has 0 aromatic heterocycles. The van der Waals surface area contributed by atoms with E-state index in [4.69, 9.17) is 0 Å². The Balaban J connectivity index is 1.81. The molecule has 0 saturated carbocycles. The van der Waals surface area contributed by atoms with Gasteiger partial charge < -0.3 is 10.4 Å². The zero-order valence-electron chi connectivity index (χ0n) is 10.7. The molecule has 0 aliphatic carbocycles. The molecule has 3 unspecified atom stereocenters. The molecule has 3 atom stereocenters. The third-order valence-corrected chi connectivity index (χ3v) is 4.12. The van der Waals surface area contributed by atoms with Gasteiger partial charge in [0.2, 0.25) is 0 Å². The summed E-state index contributed by atoms with van der Waals surface area (Å²) in [5.74, 6) is 0.721. The lowest BCUT2D eigenvalue weighted by atomic mass is 9.98. The van der Waals surface area contributed by atoms with Crippen LogP contribution in [0.4, 0.5) is 0 Å². The molecule has 2 saturated heterocycles. The minimum atomic E-state index is -0.0298. The van der Waals surface area contributed by atoms with Gasteiger partial charge in [0.05, 0.1) is 6.10 Å². The number of fused-ring (bicyclic) bond motifs is 2. The smallest absolute Gasteiger partial charge is 0.0570 e. The molecule has 2 rings (SSSR count). The molecule has 0 aromatic carbocycles. The van der Waals surface area contributed by atoms with Gasteiger partial charge in [-0.2, -0.15) is 0 Å². The van der Waals surface area contributed by atoms with E-state index < -0.39 is 0 Å². The summed E-state index contributed by atoms with van der Waals surface area (Å²) in [7, 11) is 0. The molecule has 2 fully saturated rings. The van der Waals surface area contributed by atoms with E-state index in [2.05, 4.69) is 24.1 Å². The molecule has 2 aliphatic heterocycles. The van der Waals surface area contributed by atoms with Crippen molar-refractivity contribution < 1.29 is 5.11 Å². The Morgan fingerprint density at radius 2 is 1.94 bits per heavy atom. The molecule has 0 aromatic rings. The number of hydrogen-bond acceptors (Lipinski definition) is 3. The Bertz CT molecular complexity index is 208. The average Bonchev–Trinajstić information content (AvgIpc) is 2.50. The minimum absolute atomic E-state index is 0.0298. The molecular formula is C13H26N2O. The number of hydrogen-bond donors (Lipinski definition) is 2. The number of nitrogens with one attached hydrogen (secondary N) is 1. The molecule has 16 heavy (non-hydrogen) atoms. The van der Waals surface area contributed by atoms with Crippen LogP contribution in [-0.4, -0.2) is 47.8 Å². The second-order valence-electron chi connectivity index (χ2n) is 5.62. The highest BCUT2D eigenvalue weighted by molar-refractivity contribution is 4.95. The van der Waals surface area contributed by atoms with Crippen LogP contribution in [0.15, 0.2) is 0 Å². The second-order valence-corrected chi connectivity index (χ2v) is 5.62. The van der Waals surface area contributed by atoms with Gasteiger partial charge in [-0.1, -0.05) is 13.8 Å². The van der Waals surface area contributed by atoms with Gasteiger partial charge >= 0.3 is 0 Å². The molecule has 0 spiro atoms. The van der Waals surface area contributed by atoms with Crippen molar-refractivity contribution in [2.75, 3.05) is 19.6 Å². The zero-order valence-corrected chi connectivity index (χ0v) is 10.7. The summed E-state index contributed by atoms with van der Waals surface area (Å²) in [4.78, 5) is 2.66. The lowest BCUT2D eigenvalue weighted by Crippen LogP contribution is -2.47. The molecule has 2 heterocycles. The van der Waals surface area contributed by atoms with Crippen molar-refractivity contribution in [3.8, 4) is 0 Å². The van der Waals surface area contributed by atoms with E-state index in [0.717, 1.165) is 31.8 Å². The molecular weight excluding hydrogens is 200 g/mol. The Morgan fingerprint density at radius 3 is 2.50 bits per heavy atom. The topological polar surface area (TPSA) is 35.5 Å². The van der Waals surface area contributed by atoms with Crippen molar-refractivity contribution in [1.82, 2.24) is 10.2 Å². The highest BCUT2D eigenvalue weighted by atomic mass is 16.3. The standard InChI is InChI=1S/C13H26N2O/c1-3-14-8-10(2)9-15-11-4-5-12(15)7-13(16)6-11/h10-14,16H,3-9H2,1-2H3. The first-order chi connectivity index (χ1) is 7.70. The van der Waals surface area contributed by atoms with Gasteiger partial charge in [0.15, 0.2) is 0 Å². The molecule has 94 valence electrons. The number of nitrogens with zero attached hydrogens (tertiary/aromatic N) is 1. The molecule has 2 aliphatic rings. The molecule has 3 nitrogen and oxygen atoms in total. The predicted octanol–water partition coefficient (Wildman–Crippen LogP) is 1.22. The van der Waals surface area contributed by atoms with E-state index in [1.165, 1.54) is 19.4 Å². The van der Waals surface area contributed by atoms with Gasteiger partial charge in [0, 0.05) is 18.6 Å². The van der Waals surface area contributed by atoms with Crippen LogP contribution >= 0.6 is 0 Å².